The lowest BCUT2D eigenvalue weighted by atomic mass is 10.0. The molecule has 0 bridgehead atoms. The summed E-state index contributed by atoms with van der Waals surface area (Å²) in [6.07, 6.45) is 2.44. The molecule has 27 heavy (non-hydrogen) atoms. The molecular formula is C19H22N6O2. The zero-order valence-corrected chi connectivity index (χ0v) is 15.4. The van der Waals surface area contributed by atoms with E-state index in [2.05, 4.69) is 15.3 Å². The van der Waals surface area contributed by atoms with Gasteiger partial charge < -0.3 is 9.64 Å². The number of hydrogen-bond acceptors (Lipinski definition) is 5. The lowest BCUT2D eigenvalue weighted by Gasteiger charge is -2.33. The number of nitrogens with zero attached hydrogens (tertiary/aromatic N) is 6. The van der Waals surface area contributed by atoms with Crippen LogP contribution in [-0.2, 0) is 29.5 Å². The summed E-state index contributed by atoms with van der Waals surface area (Å²) in [5.41, 5.74) is 1.81. The number of aromatic nitrogens is 5. The maximum Gasteiger partial charge on any atom is 0.246 e. The van der Waals surface area contributed by atoms with Crippen LogP contribution in [0.5, 0.6) is 0 Å². The summed E-state index contributed by atoms with van der Waals surface area (Å²) in [6, 6.07) is 11.5. The van der Waals surface area contributed by atoms with E-state index in [4.69, 9.17) is 4.74 Å². The van der Waals surface area contributed by atoms with E-state index in [0.29, 0.717) is 37.6 Å². The molecule has 1 aliphatic rings. The molecule has 1 aliphatic heterocycles. The molecule has 0 spiro atoms. The van der Waals surface area contributed by atoms with E-state index >= 15 is 0 Å². The van der Waals surface area contributed by atoms with Gasteiger partial charge >= 0.3 is 0 Å². The van der Waals surface area contributed by atoms with Crippen molar-refractivity contribution in [2.75, 3.05) is 20.3 Å². The normalized spacial score (nSPS) is 16.6. The van der Waals surface area contributed by atoms with Crippen molar-refractivity contribution in [1.82, 2.24) is 29.4 Å². The molecule has 8 heteroatoms. The van der Waals surface area contributed by atoms with Gasteiger partial charge in [0.1, 0.15) is 11.7 Å². The summed E-state index contributed by atoms with van der Waals surface area (Å²) in [4.78, 5) is 15.0. The number of rotatable bonds is 6. The average molecular weight is 366 g/mol. The fourth-order valence-corrected chi connectivity index (χ4v) is 3.44. The molecule has 0 saturated heterocycles. The third-order valence-electron chi connectivity index (χ3n) is 4.79. The van der Waals surface area contributed by atoms with Crippen LogP contribution in [0.3, 0.4) is 0 Å². The first-order valence-corrected chi connectivity index (χ1v) is 8.93. The van der Waals surface area contributed by atoms with Gasteiger partial charge in [0.2, 0.25) is 5.91 Å². The average Bonchev–Trinajstić information content (AvgIpc) is 3.29. The fraction of sp³-hybridized carbons (Fsp3) is 0.368. The third kappa shape index (κ3) is 3.35. The Morgan fingerprint density at radius 3 is 2.70 bits per heavy atom. The van der Waals surface area contributed by atoms with Crippen molar-refractivity contribution in [3.63, 3.8) is 0 Å². The van der Waals surface area contributed by atoms with Gasteiger partial charge in [0.15, 0.2) is 11.6 Å². The number of carbonyl (C=O) groups is 1. The quantitative estimate of drug-likeness (QED) is 0.660. The molecule has 4 rings (SSSR count). The van der Waals surface area contributed by atoms with Crippen molar-refractivity contribution in [2.45, 2.75) is 19.0 Å². The van der Waals surface area contributed by atoms with Crippen LogP contribution in [0.2, 0.25) is 0 Å². The molecule has 2 aromatic heterocycles. The maximum absolute atomic E-state index is 13.3. The highest BCUT2D eigenvalue weighted by Gasteiger charge is 2.36. The van der Waals surface area contributed by atoms with Crippen molar-refractivity contribution >= 4 is 5.91 Å². The Morgan fingerprint density at radius 1 is 1.19 bits per heavy atom. The van der Waals surface area contributed by atoms with Crippen molar-refractivity contribution in [3.8, 4) is 11.5 Å². The second kappa shape index (κ2) is 7.32. The van der Waals surface area contributed by atoms with Gasteiger partial charge in [-0.2, -0.15) is 5.10 Å². The number of fused-ring (bicyclic) bond motifs is 1. The molecule has 0 unspecified atom stereocenters. The molecule has 0 N–H and O–H groups in total. The number of benzene rings is 1. The van der Waals surface area contributed by atoms with Gasteiger partial charge in [0.05, 0.1) is 13.2 Å². The Hall–Kier alpha value is -3.00. The van der Waals surface area contributed by atoms with E-state index in [1.165, 1.54) is 0 Å². The molecule has 3 heterocycles. The van der Waals surface area contributed by atoms with Gasteiger partial charge in [-0.25, -0.2) is 0 Å². The standard InChI is InChI=1S/C19H22N6O2/c1-23-9-8-15(22-23)18-21-20-17-13-24(10-11-27-2)19(26)16(25(17)18)12-14-6-4-3-5-7-14/h3-9,16H,10-13H2,1-2H3/t16-/m1/s1. The van der Waals surface area contributed by atoms with Crippen LogP contribution < -0.4 is 0 Å². The topological polar surface area (TPSA) is 78.1 Å². The number of ether oxygens (including phenoxy) is 1. The van der Waals surface area contributed by atoms with E-state index in [1.54, 1.807) is 16.7 Å². The van der Waals surface area contributed by atoms with E-state index < -0.39 is 6.04 Å². The molecule has 1 atom stereocenters. The highest BCUT2D eigenvalue weighted by Crippen LogP contribution is 2.30. The highest BCUT2D eigenvalue weighted by atomic mass is 16.5. The highest BCUT2D eigenvalue weighted by molar-refractivity contribution is 5.82. The molecule has 3 aromatic rings. The largest absolute Gasteiger partial charge is 0.383 e. The Morgan fingerprint density at radius 2 is 2.00 bits per heavy atom. The summed E-state index contributed by atoms with van der Waals surface area (Å²) < 4.78 is 8.83. The lowest BCUT2D eigenvalue weighted by Crippen LogP contribution is -2.45. The summed E-state index contributed by atoms with van der Waals surface area (Å²) in [5.74, 6) is 1.46. The summed E-state index contributed by atoms with van der Waals surface area (Å²) in [6.45, 7) is 1.45. The third-order valence-corrected chi connectivity index (χ3v) is 4.79. The molecule has 8 nitrogen and oxygen atoms in total. The Kier molecular flexibility index (Phi) is 4.72. The van der Waals surface area contributed by atoms with Gasteiger partial charge in [-0.1, -0.05) is 30.3 Å². The monoisotopic (exact) mass is 366 g/mol. The second-order valence-corrected chi connectivity index (χ2v) is 6.64. The summed E-state index contributed by atoms with van der Waals surface area (Å²) >= 11 is 0. The van der Waals surface area contributed by atoms with E-state index in [1.807, 2.05) is 54.2 Å². The van der Waals surface area contributed by atoms with E-state index in [9.17, 15) is 4.79 Å². The zero-order valence-electron chi connectivity index (χ0n) is 15.4. The van der Waals surface area contributed by atoms with Gasteiger partial charge in [0, 0.05) is 33.3 Å². The summed E-state index contributed by atoms with van der Waals surface area (Å²) in [5, 5.41) is 13.2. The Labute approximate surface area is 157 Å². The van der Waals surface area contributed by atoms with Crippen LogP contribution in [-0.4, -0.2) is 55.6 Å². The first kappa shape index (κ1) is 17.4. The minimum absolute atomic E-state index is 0.0559. The van der Waals surface area contributed by atoms with Crippen LogP contribution in [0.4, 0.5) is 0 Å². The minimum atomic E-state index is -0.403. The molecule has 1 amide bonds. The summed E-state index contributed by atoms with van der Waals surface area (Å²) in [7, 11) is 3.49. The van der Waals surface area contributed by atoms with Gasteiger partial charge in [-0.15, -0.1) is 10.2 Å². The predicted molar refractivity (Wildman–Crippen MR) is 98.7 cm³/mol. The first-order chi connectivity index (χ1) is 13.2. The van der Waals surface area contributed by atoms with Crippen molar-refractivity contribution in [2.24, 2.45) is 7.05 Å². The number of aryl methyl sites for hydroxylation is 1. The molecule has 1 aromatic carbocycles. The number of carbonyl (C=O) groups excluding carboxylic acids is 1. The van der Waals surface area contributed by atoms with Crippen LogP contribution in [0.15, 0.2) is 42.6 Å². The smallest absolute Gasteiger partial charge is 0.246 e. The van der Waals surface area contributed by atoms with Crippen LogP contribution in [0, 0.1) is 0 Å². The van der Waals surface area contributed by atoms with Crippen molar-refractivity contribution < 1.29 is 9.53 Å². The second-order valence-electron chi connectivity index (χ2n) is 6.64. The number of amides is 1. The molecule has 0 saturated carbocycles. The Bertz CT molecular complexity index is 933. The SMILES string of the molecule is COCCN1Cc2nnc(-c3ccn(C)n3)n2[C@H](Cc2ccccc2)C1=O. The fourth-order valence-electron chi connectivity index (χ4n) is 3.44. The molecule has 0 aliphatic carbocycles. The minimum Gasteiger partial charge on any atom is -0.383 e. The maximum atomic E-state index is 13.3. The van der Waals surface area contributed by atoms with Gasteiger partial charge in [-0.3, -0.25) is 14.0 Å². The van der Waals surface area contributed by atoms with Crippen LogP contribution in [0.1, 0.15) is 17.4 Å². The van der Waals surface area contributed by atoms with Gasteiger partial charge in [-0.05, 0) is 11.6 Å². The van der Waals surface area contributed by atoms with Gasteiger partial charge in [0.25, 0.3) is 0 Å². The van der Waals surface area contributed by atoms with Crippen LogP contribution >= 0.6 is 0 Å². The predicted octanol–water partition coefficient (Wildman–Crippen LogP) is 1.45. The van der Waals surface area contributed by atoms with E-state index in [-0.39, 0.29) is 5.91 Å². The number of methoxy groups -OCH3 is 1. The van der Waals surface area contributed by atoms with E-state index in [0.717, 1.165) is 11.4 Å². The van der Waals surface area contributed by atoms with Crippen molar-refractivity contribution in [3.05, 3.63) is 54.0 Å². The first-order valence-electron chi connectivity index (χ1n) is 8.93. The van der Waals surface area contributed by atoms with Crippen LogP contribution in [0.25, 0.3) is 11.5 Å². The lowest BCUT2D eigenvalue weighted by molar-refractivity contribution is -0.138. The van der Waals surface area contributed by atoms with Crippen molar-refractivity contribution in [1.29, 1.82) is 0 Å². The molecule has 140 valence electrons. The molecule has 0 fully saturated rings. The zero-order chi connectivity index (χ0) is 18.8. The molecular weight excluding hydrogens is 344 g/mol. The number of hydrogen-bond donors (Lipinski definition) is 0. The Balaban J connectivity index is 1.75. The molecule has 0 radical (unpaired) electrons.